The highest BCUT2D eigenvalue weighted by molar-refractivity contribution is 5.96. The van der Waals surface area contributed by atoms with E-state index in [1.165, 1.54) is 5.56 Å². The Balaban J connectivity index is 1.56. The van der Waals surface area contributed by atoms with E-state index in [9.17, 15) is 4.79 Å². The molecule has 2 aromatic rings. The quantitative estimate of drug-likeness (QED) is 0.918. The molecule has 4 nitrogen and oxygen atoms in total. The molecule has 1 amide bonds. The molecule has 0 fully saturated rings. The molecule has 0 atom stereocenters. The van der Waals surface area contributed by atoms with Gasteiger partial charge in [0, 0.05) is 25.0 Å². The van der Waals surface area contributed by atoms with Crippen LogP contribution in [0.3, 0.4) is 0 Å². The molecule has 0 bridgehead atoms. The molecular weight excluding hydrogens is 250 g/mol. The molecule has 1 aromatic carbocycles. The third-order valence-corrected chi connectivity index (χ3v) is 3.50. The molecule has 102 valence electrons. The number of benzene rings is 1. The van der Waals surface area contributed by atoms with Crippen LogP contribution in [0.2, 0.25) is 0 Å². The number of para-hydroxylation sites is 1. The van der Waals surface area contributed by atoms with E-state index >= 15 is 0 Å². The predicted octanol–water partition coefficient (Wildman–Crippen LogP) is 1.76. The highest BCUT2D eigenvalue weighted by atomic mass is 16.2. The highest BCUT2D eigenvalue weighted by Crippen LogP contribution is 2.27. The molecule has 0 radical (unpaired) electrons. The summed E-state index contributed by atoms with van der Waals surface area (Å²) in [7, 11) is 0. The zero-order chi connectivity index (χ0) is 13.8. The molecule has 0 saturated carbocycles. The molecule has 0 spiro atoms. The van der Waals surface area contributed by atoms with Crippen molar-refractivity contribution >= 4 is 11.6 Å². The van der Waals surface area contributed by atoms with Crippen molar-refractivity contribution in [1.82, 2.24) is 10.3 Å². The van der Waals surface area contributed by atoms with Crippen LogP contribution in [-0.2, 0) is 17.8 Å². The maximum atomic E-state index is 12.2. The SMILES string of the molecule is O=C(CNCc1ccccn1)N1CCc2ccccc21. The van der Waals surface area contributed by atoms with Crippen LogP contribution in [0, 0.1) is 0 Å². The summed E-state index contributed by atoms with van der Waals surface area (Å²) in [5, 5.41) is 3.16. The van der Waals surface area contributed by atoms with E-state index in [4.69, 9.17) is 0 Å². The number of amides is 1. The fraction of sp³-hybridized carbons (Fsp3) is 0.250. The van der Waals surface area contributed by atoms with Crippen molar-refractivity contribution in [2.24, 2.45) is 0 Å². The van der Waals surface area contributed by atoms with Crippen LogP contribution in [0.15, 0.2) is 48.7 Å². The van der Waals surface area contributed by atoms with Gasteiger partial charge in [-0.05, 0) is 30.2 Å². The van der Waals surface area contributed by atoms with Gasteiger partial charge in [0.2, 0.25) is 5.91 Å². The van der Waals surface area contributed by atoms with Crippen molar-refractivity contribution in [1.29, 1.82) is 0 Å². The molecule has 1 aromatic heterocycles. The van der Waals surface area contributed by atoms with Crippen LogP contribution in [-0.4, -0.2) is 24.0 Å². The number of hydrogen-bond acceptors (Lipinski definition) is 3. The first-order valence-corrected chi connectivity index (χ1v) is 6.83. The molecular formula is C16H17N3O. The number of anilines is 1. The smallest absolute Gasteiger partial charge is 0.240 e. The number of hydrogen-bond donors (Lipinski definition) is 1. The number of carbonyl (C=O) groups is 1. The van der Waals surface area contributed by atoms with Crippen molar-refractivity contribution < 1.29 is 4.79 Å². The third-order valence-electron chi connectivity index (χ3n) is 3.50. The summed E-state index contributed by atoms with van der Waals surface area (Å²) in [4.78, 5) is 18.3. The molecule has 1 aliphatic heterocycles. The monoisotopic (exact) mass is 267 g/mol. The Morgan fingerprint density at radius 2 is 2.05 bits per heavy atom. The van der Waals surface area contributed by atoms with E-state index in [0.29, 0.717) is 13.1 Å². The third kappa shape index (κ3) is 2.70. The average molecular weight is 267 g/mol. The van der Waals surface area contributed by atoms with Gasteiger partial charge in [-0.1, -0.05) is 24.3 Å². The Bertz CT molecular complexity index is 598. The van der Waals surface area contributed by atoms with Gasteiger partial charge in [0.1, 0.15) is 0 Å². The van der Waals surface area contributed by atoms with Crippen molar-refractivity contribution in [3.8, 4) is 0 Å². The van der Waals surface area contributed by atoms with Crippen LogP contribution in [0.5, 0.6) is 0 Å². The number of pyridine rings is 1. The number of rotatable bonds is 4. The minimum atomic E-state index is 0.117. The number of nitrogens with zero attached hydrogens (tertiary/aromatic N) is 2. The Morgan fingerprint density at radius 3 is 2.90 bits per heavy atom. The Kier molecular flexibility index (Phi) is 3.74. The van der Waals surface area contributed by atoms with Gasteiger partial charge in [-0.25, -0.2) is 0 Å². The summed E-state index contributed by atoms with van der Waals surface area (Å²) in [6.07, 6.45) is 2.71. The van der Waals surface area contributed by atoms with Gasteiger partial charge in [0.25, 0.3) is 0 Å². The lowest BCUT2D eigenvalue weighted by molar-refractivity contribution is -0.117. The van der Waals surface area contributed by atoms with Crippen molar-refractivity contribution in [2.75, 3.05) is 18.0 Å². The van der Waals surface area contributed by atoms with Gasteiger partial charge in [-0.15, -0.1) is 0 Å². The van der Waals surface area contributed by atoms with E-state index in [-0.39, 0.29) is 5.91 Å². The molecule has 4 heteroatoms. The molecule has 2 heterocycles. The second-order valence-corrected chi connectivity index (χ2v) is 4.85. The summed E-state index contributed by atoms with van der Waals surface area (Å²) in [6, 6.07) is 13.9. The van der Waals surface area contributed by atoms with Crippen LogP contribution in [0.1, 0.15) is 11.3 Å². The molecule has 0 saturated heterocycles. The molecule has 20 heavy (non-hydrogen) atoms. The average Bonchev–Trinajstić information content (AvgIpc) is 2.92. The predicted molar refractivity (Wildman–Crippen MR) is 78.4 cm³/mol. The van der Waals surface area contributed by atoms with Crippen LogP contribution >= 0.6 is 0 Å². The van der Waals surface area contributed by atoms with E-state index in [0.717, 1.165) is 24.3 Å². The topological polar surface area (TPSA) is 45.2 Å². The maximum absolute atomic E-state index is 12.2. The fourth-order valence-corrected chi connectivity index (χ4v) is 2.49. The normalized spacial score (nSPS) is 13.3. The number of carbonyl (C=O) groups excluding carboxylic acids is 1. The summed E-state index contributed by atoms with van der Waals surface area (Å²) in [6.45, 7) is 1.73. The molecule has 1 N–H and O–H groups in total. The van der Waals surface area contributed by atoms with Crippen LogP contribution in [0.25, 0.3) is 0 Å². The number of nitrogens with one attached hydrogen (secondary N) is 1. The maximum Gasteiger partial charge on any atom is 0.240 e. The minimum absolute atomic E-state index is 0.117. The summed E-state index contributed by atoms with van der Waals surface area (Å²) in [5.41, 5.74) is 3.25. The molecule has 3 rings (SSSR count). The fourth-order valence-electron chi connectivity index (χ4n) is 2.49. The first kappa shape index (κ1) is 12.8. The van der Waals surface area contributed by atoms with Crippen LogP contribution in [0.4, 0.5) is 5.69 Å². The minimum Gasteiger partial charge on any atom is -0.311 e. The van der Waals surface area contributed by atoms with E-state index in [1.807, 2.05) is 41.3 Å². The summed E-state index contributed by atoms with van der Waals surface area (Å²) >= 11 is 0. The molecule has 0 aliphatic carbocycles. The van der Waals surface area contributed by atoms with Crippen molar-refractivity contribution in [3.05, 3.63) is 59.9 Å². The zero-order valence-corrected chi connectivity index (χ0v) is 11.2. The van der Waals surface area contributed by atoms with Gasteiger partial charge < -0.3 is 10.2 Å². The zero-order valence-electron chi connectivity index (χ0n) is 11.2. The van der Waals surface area contributed by atoms with Gasteiger partial charge in [-0.2, -0.15) is 0 Å². The first-order chi connectivity index (χ1) is 9.84. The Labute approximate surface area is 118 Å². The second kappa shape index (κ2) is 5.84. The molecule has 1 aliphatic rings. The number of aromatic nitrogens is 1. The van der Waals surface area contributed by atoms with E-state index in [2.05, 4.69) is 16.4 Å². The first-order valence-electron chi connectivity index (χ1n) is 6.83. The molecule has 0 unspecified atom stereocenters. The van der Waals surface area contributed by atoms with Crippen molar-refractivity contribution in [3.63, 3.8) is 0 Å². The summed E-state index contributed by atoms with van der Waals surface area (Å²) < 4.78 is 0. The van der Waals surface area contributed by atoms with E-state index in [1.54, 1.807) is 6.20 Å². The van der Waals surface area contributed by atoms with Gasteiger partial charge in [0.15, 0.2) is 0 Å². The largest absolute Gasteiger partial charge is 0.311 e. The number of fused-ring (bicyclic) bond motifs is 1. The summed E-state index contributed by atoms with van der Waals surface area (Å²) in [5.74, 6) is 0.117. The highest BCUT2D eigenvalue weighted by Gasteiger charge is 2.23. The lowest BCUT2D eigenvalue weighted by atomic mass is 10.2. The Morgan fingerprint density at radius 1 is 1.20 bits per heavy atom. The van der Waals surface area contributed by atoms with Crippen molar-refractivity contribution in [2.45, 2.75) is 13.0 Å². The second-order valence-electron chi connectivity index (χ2n) is 4.85. The Hall–Kier alpha value is -2.20. The van der Waals surface area contributed by atoms with Crippen LogP contribution < -0.4 is 10.2 Å². The lowest BCUT2D eigenvalue weighted by Crippen LogP contribution is -2.37. The van der Waals surface area contributed by atoms with Gasteiger partial charge in [0.05, 0.1) is 12.2 Å². The van der Waals surface area contributed by atoms with E-state index < -0.39 is 0 Å². The van der Waals surface area contributed by atoms with Gasteiger partial charge >= 0.3 is 0 Å². The van der Waals surface area contributed by atoms with Gasteiger partial charge in [-0.3, -0.25) is 9.78 Å². The lowest BCUT2D eigenvalue weighted by Gasteiger charge is -2.17. The standard InChI is InChI=1S/C16H17N3O/c20-16(12-17-11-14-6-3-4-9-18-14)19-10-8-13-5-1-2-7-15(13)19/h1-7,9,17H,8,10-12H2.